The third kappa shape index (κ3) is 4.51. The van der Waals surface area contributed by atoms with Crippen molar-refractivity contribution in [3.05, 3.63) is 16.1 Å². The summed E-state index contributed by atoms with van der Waals surface area (Å²) in [5, 5.41) is 6.56. The Labute approximate surface area is 132 Å². The molecule has 0 spiro atoms. The van der Waals surface area contributed by atoms with E-state index >= 15 is 0 Å². The van der Waals surface area contributed by atoms with Gasteiger partial charge in [0.2, 0.25) is 5.91 Å². The molecule has 1 N–H and O–H groups in total. The highest BCUT2D eigenvalue weighted by atomic mass is 32.1. The summed E-state index contributed by atoms with van der Waals surface area (Å²) in [6.45, 7) is 10.8. The van der Waals surface area contributed by atoms with Gasteiger partial charge in [-0.1, -0.05) is 20.8 Å². The number of carbonyl (C=O) groups is 1. The Morgan fingerprint density at radius 1 is 1.48 bits per heavy atom. The fourth-order valence-corrected chi connectivity index (χ4v) is 3.85. The van der Waals surface area contributed by atoms with Crippen molar-refractivity contribution in [3.63, 3.8) is 0 Å². The molecule has 5 heteroatoms. The van der Waals surface area contributed by atoms with Gasteiger partial charge in [-0.3, -0.25) is 4.79 Å². The van der Waals surface area contributed by atoms with Crippen LogP contribution in [-0.4, -0.2) is 35.4 Å². The van der Waals surface area contributed by atoms with Crippen LogP contribution in [0.25, 0.3) is 0 Å². The summed E-state index contributed by atoms with van der Waals surface area (Å²) >= 11 is 1.69. The number of rotatable bonds is 5. The number of hydrogen-bond donors (Lipinski definition) is 1. The molecule has 0 saturated carbocycles. The average molecular weight is 309 g/mol. The number of amides is 1. The van der Waals surface area contributed by atoms with Crippen LogP contribution in [0.15, 0.2) is 5.38 Å². The van der Waals surface area contributed by atoms with Crippen molar-refractivity contribution < 1.29 is 4.79 Å². The van der Waals surface area contributed by atoms with E-state index in [1.165, 1.54) is 6.42 Å². The summed E-state index contributed by atoms with van der Waals surface area (Å²) in [4.78, 5) is 18.9. The zero-order valence-corrected chi connectivity index (χ0v) is 14.4. The summed E-state index contributed by atoms with van der Waals surface area (Å²) in [5.41, 5.74) is 1.05. The molecule has 1 aliphatic rings. The number of aromatic nitrogens is 1. The topological polar surface area (TPSA) is 45.2 Å². The van der Waals surface area contributed by atoms with E-state index < -0.39 is 0 Å². The molecule has 1 aromatic rings. The van der Waals surface area contributed by atoms with Crippen LogP contribution in [0, 0.1) is 11.8 Å². The van der Waals surface area contributed by atoms with Gasteiger partial charge < -0.3 is 10.2 Å². The van der Waals surface area contributed by atoms with Crippen LogP contribution in [0.4, 0.5) is 0 Å². The van der Waals surface area contributed by atoms with E-state index in [1.54, 1.807) is 11.3 Å². The first-order valence-electron chi connectivity index (χ1n) is 7.95. The summed E-state index contributed by atoms with van der Waals surface area (Å²) in [6.07, 6.45) is 2.20. The Balaban J connectivity index is 1.83. The average Bonchev–Trinajstić information content (AvgIpc) is 2.92. The molecule has 1 amide bonds. The number of thiazole rings is 1. The summed E-state index contributed by atoms with van der Waals surface area (Å²) in [6, 6.07) is 0.130. The molecule has 4 nitrogen and oxygen atoms in total. The Hall–Kier alpha value is -0.940. The third-order valence-corrected chi connectivity index (χ3v) is 5.11. The van der Waals surface area contributed by atoms with E-state index in [4.69, 9.17) is 0 Å². The molecule has 118 valence electrons. The van der Waals surface area contributed by atoms with Crippen molar-refractivity contribution in [2.75, 3.05) is 19.6 Å². The molecule has 0 aromatic carbocycles. The lowest BCUT2D eigenvalue weighted by Gasteiger charge is -2.35. The molecule has 21 heavy (non-hydrogen) atoms. The molecular formula is C16H27N3OS. The Bertz CT molecular complexity index is 464. The molecule has 1 saturated heterocycles. The van der Waals surface area contributed by atoms with Crippen molar-refractivity contribution in [1.82, 2.24) is 15.2 Å². The second-order valence-electron chi connectivity index (χ2n) is 6.37. The largest absolute Gasteiger partial charge is 0.341 e. The maximum absolute atomic E-state index is 12.3. The molecule has 0 aliphatic carbocycles. The highest BCUT2D eigenvalue weighted by molar-refractivity contribution is 7.09. The number of likely N-dealkylation sites (tertiary alicyclic amines) is 1. The summed E-state index contributed by atoms with van der Waals surface area (Å²) < 4.78 is 0. The first-order valence-corrected chi connectivity index (χ1v) is 8.83. The van der Waals surface area contributed by atoms with Crippen LogP contribution in [0.2, 0.25) is 0 Å². The van der Waals surface area contributed by atoms with Gasteiger partial charge in [0.05, 0.1) is 17.2 Å². The van der Waals surface area contributed by atoms with E-state index in [0.717, 1.165) is 30.2 Å². The molecule has 2 rings (SSSR count). The minimum atomic E-state index is 0.130. The van der Waals surface area contributed by atoms with Gasteiger partial charge in [-0.15, -0.1) is 11.3 Å². The second kappa shape index (κ2) is 7.36. The maximum Gasteiger partial charge on any atom is 0.236 e. The van der Waals surface area contributed by atoms with E-state index in [1.807, 2.05) is 4.90 Å². The monoisotopic (exact) mass is 309 g/mol. The van der Waals surface area contributed by atoms with E-state index in [9.17, 15) is 4.79 Å². The van der Waals surface area contributed by atoms with Crippen molar-refractivity contribution in [3.8, 4) is 0 Å². The smallest absolute Gasteiger partial charge is 0.236 e. The fraction of sp³-hybridized carbons (Fsp3) is 0.750. The van der Waals surface area contributed by atoms with Gasteiger partial charge in [0.1, 0.15) is 0 Å². The van der Waals surface area contributed by atoms with Gasteiger partial charge >= 0.3 is 0 Å². The lowest BCUT2D eigenvalue weighted by Crippen LogP contribution is -2.46. The van der Waals surface area contributed by atoms with Crippen molar-refractivity contribution in [2.45, 2.75) is 46.6 Å². The van der Waals surface area contributed by atoms with Crippen LogP contribution in [0.3, 0.4) is 0 Å². The molecule has 2 heterocycles. The lowest BCUT2D eigenvalue weighted by atomic mass is 9.92. The number of nitrogens with zero attached hydrogens (tertiary/aromatic N) is 2. The molecule has 1 fully saturated rings. The van der Waals surface area contributed by atoms with Gasteiger partial charge in [-0.2, -0.15) is 0 Å². The number of aryl methyl sites for hydroxylation is 1. The van der Waals surface area contributed by atoms with E-state index in [0.29, 0.717) is 18.4 Å². The summed E-state index contributed by atoms with van der Waals surface area (Å²) in [5.74, 6) is 1.44. The highest BCUT2D eigenvalue weighted by Gasteiger charge is 2.25. The number of carbonyl (C=O) groups excluding carboxylic acids is 1. The maximum atomic E-state index is 12.3. The normalized spacial score (nSPS) is 24.1. The molecule has 0 radical (unpaired) electrons. The van der Waals surface area contributed by atoms with Crippen LogP contribution < -0.4 is 5.32 Å². The highest BCUT2D eigenvalue weighted by Crippen LogP contribution is 2.21. The van der Waals surface area contributed by atoms with Crippen LogP contribution >= 0.6 is 11.3 Å². The number of piperidine rings is 1. The minimum Gasteiger partial charge on any atom is -0.341 e. The van der Waals surface area contributed by atoms with Crippen LogP contribution in [-0.2, 0) is 11.2 Å². The first-order chi connectivity index (χ1) is 9.99. The van der Waals surface area contributed by atoms with E-state index in [2.05, 4.69) is 43.4 Å². The van der Waals surface area contributed by atoms with Gasteiger partial charge in [0, 0.05) is 24.5 Å². The van der Waals surface area contributed by atoms with Gasteiger partial charge in [0.25, 0.3) is 0 Å². The van der Waals surface area contributed by atoms with Crippen molar-refractivity contribution >= 4 is 17.2 Å². The minimum absolute atomic E-state index is 0.130. The number of nitrogens with one attached hydrogen (secondary N) is 1. The zero-order valence-electron chi connectivity index (χ0n) is 13.6. The fourth-order valence-electron chi connectivity index (χ4n) is 3.01. The SMILES string of the molecule is CCc1nc([C@H](C)NCC(=O)N2C[C@@H](C)C[C@H](C)C2)cs1. The molecule has 0 bridgehead atoms. The van der Waals surface area contributed by atoms with Crippen LogP contribution in [0.1, 0.15) is 50.9 Å². The Morgan fingerprint density at radius 2 is 2.14 bits per heavy atom. The van der Waals surface area contributed by atoms with Gasteiger partial charge in [0.15, 0.2) is 0 Å². The Morgan fingerprint density at radius 3 is 2.71 bits per heavy atom. The molecule has 3 atom stereocenters. The van der Waals surface area contributed by atoms with Gasteiger partial charge in [-0.25, -0.2) is 4.98 Å². The third-order valence-electron chi connectivity index (χ3n) is 4.10. The van der Waals surface area contributed by atoms with E-state index in [-0.39, 0.29) is 11.9 Å². The predicted molar refractivity (Wildman–Crippen MR) is 87.4 cm³/mol. The Kier molecular flexibility index (Phi) is 5.76. The van der Waals surface area contributed by atoms with Crippen molar-refractivity contribution in [1.29, 1.82) is 0 Å². The molecular weight excluding hydrogens is 282 g/mol. The first kappa shape index (κ1) is 16.4. The molecule has 0 unspecified atom stereocenters. The molecule has 1 aromatic heterocycles. The molecule has 1 aliphatic heterocycles. The summed E-state index contributed by atoms with van der Waals surface area (Å²) in [7, 11) is 0. The lowest BCUT2D eigenvalue weighted by molar-refractivity contribution is -0.133. The quantitative estimate of drug-likeness (QED) is 0.909. The van der Waals surface area contributed by atoms with Crippen LogP contribution in [0.5, 0.6) is 0 Å². The number of hydrogen-bond acceptors (Lipinski definition) is 4. The second-order valence-corrected chi connectivity index (χ2v) is 7.31. The van der Waals surface area contributed by atoms with Gasteiger partial charge in [-0.05, 0) is 31.6 Å². The zero-order chi connectivity index (χ0) is 15.4. The van der Waals surface area contributed by atoms with Crippen molar-refractivity contribution in [2.24, 2.45) is 11.8 Å². The predicted octanol–water partition coefficient (Wildman–Crippen LogP) is 2.86. The standard InChI is InChI=1S/C16H27N3OS/c1-5-15-18-14(10-21-15)13(4)17-7-16(20)19-8-11(2)6-12(3)9-19/h10-13,17H,5-9H2,1-4H3/t11-,12-,13-/m0/s1.